The van der Waals surface area contributed by atoms with E-state index < -0.39 is 12.2 Å². The molecule has 2 atom stereocenters. The quantitative estimate of drug-likeness (QED) is 0.845. The molecule has 0 aliphatic rings. The molecule has 2 unspecified atom stereocenters. The average molecular weight is 297 g/mol. The summed E-state index contributed by atoms with van der Waals surface area (Å²) in [5.74, 6) is 0. The van der Waals surface area contributed by atoms with E-state index in [1.165, 1.54) is 6.20 Å². The van der Waals surface area contributed by atoms with E-state index in [1.807, 2.05) is 24.3 Å². The van der Waals surface area contributed by atoms with E-state index >= 15 is 0 Å². The molecule has 17 heavy (non-hydrogen) atoms. The first-order chi connectivity index (χ1) is 8.22. The molecule has 4 nitrogen and oxygen atoms in total. The third-order valence-electron chi connectivity index (χ3n) is 2.54. The van der Waals surface area contributed by atoms with Gasteiger partial charge in [0.05, 0.1) is 29.0 Å². The van der Waals surface area contributed by atoms with E-state index in [0.29, 0.717) is 17.4 Å². The molecule has 5 heteroatoms. The van der Waals surface area contributed by atoms with Crippen molar-refractivity contribution in [2.24, 2.45) is 0 Å². The van der Waals surface area contributed by atoms with Crippen LogP contribution in [0, 0.1) is 0 Å². The van der Waals surface area contributed by atoms with Gasteiger partial charge in [-0.15, -0.1) is 0 Å². The lowest BCUT2D eigenvalue weighted by atomic mass is 10.1. The van der Waals surface area contributed by atoms with Gasteiger partial charge in [-0.05, 0) is 18.6 Å². The Morgan fingerprint density at radius 3 is 2.59 bits per heavy atom. The molecule has 2 rings (SSSR count). The zero-order valence-electron chi connectivity index (χ0n) is 9.12. The van der Waals surface area contributed by atoms with Gasteiger partial charge in [-0.3, -0.25) is 4.98 Å². The first-order valence-electron chi connectivity index (χ1n) is 5.36. The number of hydrogen-bond donors (Lipinski definition) is 2. The normalized spacial score (nSPS) is 14.8. The Morgan fingerprint density at radius 1 is 1.18 bits per heavy atom. The minimum atomic E-state index is -0.996. The summed E-state index contributed by atoms with van der Waals surface area (Å²) in [6.07, 6.45) is 0.148. The fourth-order valence-electron chi connectivity index (χ4n) is 1.58. The van der Waals surface area contributed by atoms with Crippen molar-refractivity contribution in [3.8, 4) is 0 Å². The van der Waals surface area contributed by atoms with Gasteiger partial charge in [0.25, 0.3) is 0 Å². The van der Waals surface area contributed by atoms with Crippen LogP contribution in [0.4, 0.5) is 0 Å². The van der Waals surface area contributed by atoms with Crippen LogP contribution in [-0.2, 0) is 0 Å². The van der Waals surface area contributed by atoms with E-state index in [4.69, 9.17) is 0 Å². The number of halogens is 1. The van der Waals surface area contributed by atoms with Gasteiger partial charge in [0.15, 0.2) is 0 Å². The SMILES string of the molecule is OC(CCBr)C(O)c1cnc2ccccc2n1. The number of aliphatic hydroxyl groups excluding tert-OH is 2. The van der Waals surface area contributed by atoms with Gasteiger partial charge < -0.3 is 10.2 Å². The molecule has 0 radical (unpaired) electrons. The predicted octanol–water partition coefficient (Wildman–Crippen LogP) is 1.81. The van der Waals surface area contributed by atoms with Crippen molar-refractivity contribution in [3.05, 3.63) is 36.2 Å². The van der Waals surface area contributed by atoms with Crippen LogP contribution in [0.15, 0.2) is 30.5 Å². The highest BCUT2D eigenvalue weighted by molar-refractivity contribution is 9.09. The molecular weight excluding hydrogens is 284 g/mol. The topological polar surface area (TPSA) is 66.2 Å². The molecule has 0 bridgehead atoms. The Balaban J connectivity index is 2.29. The first-order valence-corrected chi connectivity index (χ1v) is 6.48. The van der Waals surface area contributed by atoms with Crippen LogP contribution in [0.2, 0.25) is 0 Å². The number of hydrogen-bond acceptors (Lipinski definition) is 4. The Hall–Kier alpha value is -1.04. The second kappa shape index (κ2) is 5.53. The minimum absolute atomic E-state index is 0.400. The monoisotopic (exact) mass is 296 g/mol. The lowest BCUT2D eigenvalue weighted by molar-refractivity contribution is 0.0148. The number of alkyl halides is 1. The molecule has 2 aromatic rings. The summed E-state index contributed by atoms with van der Waals surface area (Å²) in [4.78, 5) is 8.49. The van der Waals surface area contributed by atoms with Crippen LogP contribution in [0.1, 0.15) is 18.2 Å². The molecule has 0 saturated carbocycles. The van der Waals surface area contributed by atoms with Crippen molar-refractivity contribution in [1.82, 2.24) is 9.97 Å². The second-order valence-corrected chi connectivity index (χ2v) is 4.57. The minimum Gasteiger partial charge on any atom is -0.390 e. The lowest BCUT2D eigenvalue weighted by Gasteiger charge is -2.16. The smallest absolute Gasteiger partial charge is 0.123 e. The maximum absolute atomic E-state index is 9.91. The third kappa shape index (κ3) is 2.80. The molecule has 0 aliphatic heterocycles. The summed E-state index contributed by atoms with van der Waals surface area (Å²) in [7, 11) is 0. The van der Waals surface area contributed by atoms with E-state index in [9.17, 15) is 10.2 Å². The van der Waals surface area contributed by atoms with Crippen LogP contribution in [0.3, 0.4) is 0 Å². The molecule has 1 aromatic carbocycles. The van der Waals surface area contributed by atoms with Gasteiger partial charge in [0.2, 0.25) is 0 Å². The number of fused-ring (bicyclic) bond motifs is 1. The van der Waals surface area contributed by atoms with Crippen LogP contribution in [0.25, 0.3) is 11.0 Å². The zero-order chi connectivity index (χ0) is 12.3. The first kappa shape index (κ1) is 12.4. The standard InChI is InChI=1S/C12H13BrN2O2/c13-6-5-11(16)12(17)10-7-14-8-3-1-2-4-9(8)15-10/h1-4,7,11-12,16-17H,5-6H2. The summed E-state index contributed by atoms with van der Waals surface area (Å²) < 4.78 is 0. The zero-order valence-corrected chi connectivity index (χ0v) is 10.7. The van der Waals surface area contributed by atoms with E-state index in [-0.39, 0.29) is 0 Å². The molecule has 0 fully saturated rings. The molecule has 2 N–H and O–H groups in total. The summed E-state index contributed by atoms with van der Waals surface area (Å²) >= 11 is 3.22. The fourth-order valence-corrected chi connectivity index (χ4v) is 2.05. The Labute approximate surface area is 107 Å². The van der Waals surface area contributed by atoms with Gasteiger partial charge in [0, 0.05) is 5.33 Å². The molecule has 1 heterocycles. The maximum atomic E-state index is 9.91. The summed E-state index contributed by atoms with van der Waals surface area (Å²) in [5.41, 5.74) is 1.89. The Morgan fingerprint density at radius 2 is 1.88 bits per heavy atom. The predicted molar refractivity (Wildman–Crippen MR) is 68.9 cm³/mol. The van der Waals surface area contributed by atoms with Gasteiger partial charge in [-0.2, -0.15) is 0 Å². The molecule has 0 amide bonds. The molecule has 0 aliphatic carbocycles. The van der Waals surface area contributed by atoms with Crippen LogP contribution < -0.4 is 0 Å². The number of benzene rings is 1. The Bertz CT molecular complexity index is 507. The molecule has 0 spiro atoms. The summed E-state index contributed by atoms with van der Waals surface area (Å²) in [6.45, 7) is 0. The van der Waals surface area contributed by atoms with E-state index in [2.05, 4.69) is 25.9 Å². The van der Waals surface area contributed by atoms with Crippen molar-refractivity contribution in [1.29, 1.82) is 0 Å². The average Bonchev–Trinajstić information content (AvgIpc) is 2.37. The third-order valence-corrected chi connectivity index (χ3v) is 3.00. The van der Waals surface area contributed by atoms with Gasteiger partial charge in [0.1, 0.15) is 6.10 Å². The van der Waals surface area contributed by atoms with Crippen LogP contribution in [-0.4, -0.2) is 31.6 Å². The Kier molecular flexibility index (Phi) is 4.04. The molecular formula is C12H13BrN2O2. The molecule has 1 aromatic heterocycles. The van der Waals surface area contributed by atoms with Crippen molar-refractivity contribution in [2.45, 2.75) is 18.6 Å². The number of para-hydroxylation sites is 2. The largest absolute Gasteiger partial charge is 0.390 e. The van der Waals surface area contributed by atoms with Gasteiger partial charge in [-0.1, -0.05) is 28.1 Å². The van der Waals surface area contributed by atoms with Gasteiger partial charge in [-0.25, -0.2) is 4.98 Å². The van der Waals surface area contributed by atoms with E-state index in [1.54, 1.807) is 0 Å². The van der Waals surface area contributed by atoms with Crippen molar-refractivity contribution in [2.75, 3.05) is 5.33 Å². The highest BCUT2D eigenvalue weighted by Gasteiger charge is 2.19. The number of rotatable bonds is 4. The molecule has 90 valence electrons. The summed E-state index contributed by atoms with van der Waals surface area (Å²) in [6, 6.07) is 7.43. The van der Waals surface area contributed by atoms with Crippen molar-refractivity contribution < 1.29 is 10.2 Å². The van der Waals surface area contributed by atoms with Crippen LogP contribution >= 0.6 is 15.9 Å². The fraction of sp³-hybridized carbons (Fsp3) is 0.333. The van der Waals surface area contributed by atoms with Crippen molar-refractivity contribution in [3.63, 3.8) is 0 Å². The number of aliphatic hydroxyl groups is 2. The number of nitrogens with zero attached hydrogens (tertiary/aromatic N) is 2. The van der Waals surface area contributed by atoms with Crippen molar-refractivity contribution >= 4 is 27.0 Å². The summed E-state index contributed by atoms with van der Waals surface area (Å²) in [5, 5.41) is 20.2. The highest BCUT2D eigenvalue weighted by atomic mass is 79.9. The molecule has 0 saturated heterocycles. The van der Waals surface area contributed by atoms with Gasteiger partial charge >= 0.3 is 0 Å². The number of aromatic nitrogens is 2. The van der Waals surface area contributed by atoms with E-state index in [0.717, 1.165) is 11.0 Å². The highest BCUT2D eigenvalue weighted by Crippen LogP contribution is 2.19. The second-order valence-electron chi connectivity index (χ2n) is 3.77. The van der Waals surface area contributed by atoms with Crippen LogP contribution in [0.5, 0.6) is 0 Å². The lowest BCUT2D eigenvalue weighted by Crippen LogP contribution is -2.19. The maximum Gasteiger partial charge on any atom is 0.123 e.